The third-order valence-corrected chi connectivity index (χ3v) is 3.93. The Morgan fingerprint density at radius 1 is 1.59 bits per heavy atom. The number of aliphatic carboxylic acids is 1. The highest BCUT2D eigenvalue weighted by atomic mass is 32.2. The molecule has 0 bridgehead atoms. The molecule has 0 radical (unpaired) electrons. The molecule has 17 heavy (non-hydrogen) atoms. The maximum absolute atomic E-state index is 11.8. The second-order valence-corrected chi connectivity index (χ2v) is 5.13. The molecule has 0 saturated carbocycles. The van der Waals surface area contributed by atoms with Crippen molar-refractivity contribution in [1.82, 2.24) is 10.2 Å². The Hall–Kier alpha value is -0.950. The topological polar surface area (TPSA) is 89.9 Å². The van der Waals surface area contributed by atoms with Gasteiger partial charge in [-0.25, -0.2) is 9.59 Å². The van der Waals surface area contributed by atoms with E-state index in [0.717, 1.165) is 17.9 Å². The van der Waals surface area contributed by atoms with E-state index in [4.69, 9.17) is 10.2 Å². The minimum Gasteiger partial charge on any atom is -0.480 e. The number of nitrogens with zero attached hydrogens (tertiary/aromatic N) is 1. The molecule has 1 rings (SSSR count). The van der Waals surface area contributed by atoms with E-state index < -0.39 is 18.0 Å². The summed E-state index contributed by atoms with van der Waals surface area (Å²) in [5.74, 6) is 0.796. The highest BCUT2D eigenvalue weighted by molar-refractivity contribution is 7.99. The van der Waals surface area contributed by atoms with Crippen LogP contribution in [0.2, 0.25) is 0 Å². The molecule has 7 heteroatoms. The molecule has 2 unspecified atom stereocenters. The van der Waals surface area contributed by atoms with E-state index in [0.29, 0.717) is 0 Å². The molecule has 1 saturated heterocycles. The van der Waals surface area contributed by atoms with Crippen LogP contribution < -0.4 is 5.32 Å². The van der Waals surface area contributed by atoms with Crippen LogP contribution in [0.5, 0.6) is 0 Å². The average Bonchev–Trinajstić information content (AvgIpc) is 2.80. The zero-order chi connectivity index (χ0) is 12.8. The minimum absolute atomic E-state index is 0.0222. The molecule has 0 aliphatic carbocycles. The van der Waals surface area contributed by atoms with Gasteiger partial charge in [0, 0.05) is 31.9 Å². The molecule has 6 nitrogen and oxygen atoms in total. The lowest BCUT2D eigenvalue weighted by Gasteiger charge is -2.25. The number of thioether (sulfide) groups is 1. The first kappa shape index (κ1) is 14.1. The molecule has 1 aliphatic heterocycles. The molecule has 0 spiro atoms. The summed E-state index contributed by atoms with van der Waals surface area (Å²) >= 11 is 1.79. The maximum Gasteiger partial charge on any atom is 0.326 e. The van der Waals surface area contributed by atoms with Crippen LogP contribution in [0.4, 0.5) is 4.79 Å². The standard InChI is InChI=1S/C10H18N2O4S/c1-12(7-3-5-17-6-7)10(16)11-8(2-4-13)9(14)15/h7-8,13H,2-6H2,1H3,(H,11,16)(H,14,15). The average molecular weight is 262 g/mol. The molecule has 1 heterocycles. The highest BCUT2D eigenvalue weighted by Gasteiger charge is 2.27. The molecular weight excluding hydrogens is 244 g/mol. The van der Waals surface area contributed by atoms with Gasteiger partial charge in [0.1, 0.15) is 6.04 Å². The fraction of sp³-hybridized carbons (Fsp3) is 0.800. The Morgan fingerprint density at radius 2 is 2.29 bits per heavy atom. The van der Waals surface area contributed by atoms with E-state index >= 15 is 0 Å². The number of hydrogen-bond donors (Lipinski definition) is 3. The number of aliphatic hydroxyl groups is 1. The maximum atomic E-state index is 11.8. The first-order valence-electron chi connectivity index (χ1n) is 5.51. The number of urea groups is 1. The third kappa shape index (κ3) is 4.08. The number of aliphatic hydroxyl groups excluding tert-OH is 1. The minimum atomic E-state index is -1.12. The van der Waals surface area contributed by atoms with E-state index in [9.17, 15) is 9.59 Å². The van der Waals surface area contributed by atoms with E-state index in [1.54, 1.807) is 23.7 Å². The zero-order valence-electron chi connectivity index (χ0n) is 9.76. The molecule has 98 valence electrons. The lowest BCUT2D eigenvalue weighted by Crippen LogP contribution is -2.50. The van der Waals surface area contributed by atoms with Crippen LogP contribution in [0, 0.1) is 0 Å². The summed E-state index contributed by atoms with van der Waals surface area (Å²) < 4.78 is 0. The van der Waals surface area contributed by atoms with Gasteiger partial charge < -0.3 is 20.4 Å². The molecule has 0 aromatic heterocycles. The summed E-state index contributed by atoms with van der Waals surface area (Å²) in [6, 6.07) is -1.24. The van der Waals surface area contributed by atoms with Crippen LogP contribution in [0.1, 0.15) is 12.8 Å². The number of carbonyl (C=O) groups is 2. The van der Waals surface area contributed by atoms with Crippen molar-refractivity contribution in [2.45, 2.75) is 24.9 Å². The first-order chi connectivity index (χ1) is 8.06. The monoisotopic (exact) mass is 262 g/mol. The Kier molecular flexibility index (Phi) is 5.57. The fourth-order valence-corrected chi connectivity index (χ4v) is 2.90. The van der Waals surface area contributed by atoms with E-state index in [-0.39, 0.29) is 19.1 Å². The number of hydrogen-bond acceptors (Lipinski definition) is 4. The smallest absolute Gasteiger partial charge is 0.326 e. The van der Waals surface area contributed by atoms with Gasteiger partial charge in [-0.2, -0.15) is 11.8 Å². The van der Waals surface area contributed by atoms with Crippen molar-refractivity contribution in [3.8, 4) is 0 Å². The highest BCUT2D eigenvalue weighted by Crippen LogP contribution is 2.21. The SMILES string of the molecule is CN(C(=O)NC(CCO)C(=O)O)C1CCSC1. The number of rotatable bonds is 5. The zero-order valence-corrected chi connectivity index (χ0v) is 10.6. The van der Waals surface area contributed by atoms with E-state index in [2.05, 4.69) is 5.32 Å². The molecule has 0 aromatic rings. The Labute approximate surface area is 104 Å². The van der Waals surface area contributed by atoms with Crippen LogP contribution in [-0.4, -0.2) is 64.4 Å². The molecule has 3 N–H and O–H groups in total. The third-order valence-electron chi connectivity index (χ3n) is 2.79. The van der Waals surface area contributed by atoms with Gasteiger partial charge in [-0.15, -0.1) is 0 Å². The predicted octanol–water partition coefficient (Wildman–Crippen LogP) is -0.0311. The van der Waals surface area contributed by atoms with E-state index in [1.165, 1.54) is 0 Å². The van der Waals surface area contributed by atoms with E-state index in [1.807, 2.05) is 0 Å². The van der Waals surface area contributed by atoms with Gasteiger partial charge >= 0.3 is 12.0 Å². The van der Waals surface area contributed by atoms with Gasteiger partial charge in [-0.3, -0.25) is 0 Å². The summed E-state index contributed by atoms with van der Waals surface area (Å²) in [6.45, 7) is -0.264. The van der Waals surface area contributed by atoms with Gasteiger partial charge in [0.2, 0.25) is 0 Å². The number of amides is 2. The molecule has 2 amide bonds. The van der Waals surface area contributed by atoms with Gasteiger partial charge in [-0.1, -0.05) is 0 Å². The van der Waals surface area contributed by atoms with Gasteiger partial charge in [0.05, 0.1) is 0 Å². The van der Waals surface area contributed by atoms with Crippen molar-refractivity contribution < 1.29 is 19.8 Å². The second kappa shape index (κ2) is 6.70. The van der Waals surface area contributed by atoms with Gasteiger partial charge in [0.25, 0.3) is 0 Å². The summed E-state index contributed by atoms with van der Waals surface area (Å²) in [4.78, 5) is 24.1. The lowest BCUT2D eigenvalue weighted by atomic mass is 10.2. The Bertz CT molecular complexity index is 281. The molecule has 1 fully saturated rings. The molecular formula is C10H18N2O4S. The number of carboxylic acids is 1. The summed E-state index contributed by atoms with van der Waals surface area (Å²) in [7, 11) is 1.67. The van der Waals surface area contributed by atoms with Crippen LogP contribution in [-0.2, 0) is 4.79 Å². The summed E-state index contributed by atoms with van der Waals surface area (Å²) in [6.07, 6.45) is 0.959. The summed E-state index contributed by atoms with van der Waals surface area (Å²) in [5, 5.41) is 20.0. The van der Waals surface area contributed by atoms with Gasteiger partial charge in [0.15, 0.2) is 0 Å². The number of carbonyl (C=O) groups excluding carboxylic acids is 1. The second-order valence-electron chi connectivity index (χ2n) is 3.98. The van der Waals surface area contributed by atoms with Crippen molar-refractivity contribution >= 4 is 23.8 Å². The number of nitrogens with one attached hydrogen (secondary N) is 1. The fourth-order valence-electron chi connectivity index (χ4n) is 1.63. The molecule has 0 aromatic carbocycles. The largest absolute Gasteiger partial charge is 0.480 e. The number of carboxylic acid groups (broad SMARTS) is 1. The predicted molar refractivity (Wildman–Crippen MR) is 65.2 cm³/mol. The Morgan fingerprint density at radius 3 is 2.76 bits per heavy atom. The van der Waals surface area contributed by atoms with Crippen molar-refractivity contribution in [2.75, 3.05) is 25.2 Å². The summed E-state index contributed by atoms with van der Waals surface area (Å²) in [5.41, 5.74) is 0. The van der Waals surface area contributed by atoms with Crippen molar-refractivity contribution in [2.24, 2.45) is 0 Å². The van der Waals surface area contributed by atoms with Crippen molar-refractivity contribution in [3.05, 3.63) is 0 Å². The van der Waals surface area contributed by atoms with Crippen LogP contribution in [0.25, 0.3) is 0 Å². The Balaban J connectivity index is 2.47. The first-order valence-corrected chi connectivity index (χ1v) is 6.66. The quantitative estimate of drug-likeness (QED) is 0.647. The van der Waals surface area contributed by atoms with Gasteiger partial charge in [-0.05, 0) is 12.2 Å². The molecule has 2 atom stereocenters. The van der Waals surface area contributed by atoms with Crippen LogP contribution >= 0.6 is 11.8 Å². The lowest BCUT2D eigenvalue weighted by molar-refractivity contribution is -0.139. The molecule has 1 aliphatic rings. The normalized spacial score (nSPS) is 20.9. The van der Waals surface area contributed by atoms with Crippen molar-refractivity contribution in [1.29, 1.82) is 0 Å². The van der Waals surface area contributed by atoms with Crippen LogP contribution in [0.15, 0.2) is 0 Å². The van der Waals surface area contributed by atoms with Crippen molar-refractivity contribution in [3.63, 3.8) is 0 Å². The van der Waals surface area contributed by atoms with Crippen LogP contribution in [0.3, 0.4) is 0 Å².